The van der Waals surface area contributed by atoms with Gasteiger partial charge in [0.15, 0.2) is 6.10 Å². The lowest BCUT2D eigenvalue weighted by molar-refractivity contribution is -0.166. The Morgan fingerprint density at radius 2 is 0.594 bits per heavy atom. The molecule has 0 radical (unpaired) electrons. The highest BCUT2D eigenvalue weighted by Crippen LogP contribution is 2.16. The predicted octanol–water partition coefficient (Wildman–Crippen LogP) is 19.8. The Balaban J connectivity index is 4.36. The van der Waals surface area contributed by atoms with Crippen LogP contribution in [0.4, 0.5) is 0 Å². The molecule has 0 aromatic rings. The van der Waals surface area contributed by atoms with Crippen LogP contribution in [0, 0.1) is 0 Å². The summed E-state index contributed by atoms with van der Waals surface area (Å²) in [4.78, 5) is 38.1. The third-order valence-electron chi connectivity index (χ3n) is 12.7. The molecule has 0 aliphatic carbocycles. The van der Waals surface area contributed by atoms with Gasteiger partial charge in [-0.3, -0.25) is 14.4 Å². The van der Waals surface area contributed by atoms with Crippen LogP contribution in [-0.4, -0.2) is 37.2 Å². The second-order valence-electron chi connectivity index (χ2n) is 19.5. The number of carbonyl (C=O) groups excluding carboxylic acids is 3. The normalized spacial score (nSPS) is 12.6. The fraction of sp³-hybridized carbons (Fsp3) is 0.762. The molecule has 0 aliphatic rings. The van der Waals surface area contributed by atoms with Crippen LogP contribution in [0.5, 0.6) is 0 Å². The van der Waals surface area contributed by atoms with E-state index in [0.29, 0.717) is 19.3 Å². The number of rotatable bonds is 53. The molecule has 0 aromatic heterocycles. The molecule has 0 fully saturated rings. The largest absolute Gasteiger partial charge is 0.462 e. The third kappa shape index (κ3) is 55.6. The number of allylic oxidation sites excluding steroid dienone is 12. The maximum atomic E-state index is 12.8. The van der Waals surface area contributed by atoms with E-state index in [9.17, 15) is 14.4 Å². The fourth-order valence-electron chi connectivity index (χ4n) is 8.31. The first-order valence-corrected chi connectivity index (χ1v) is 29.4. The van der Waals surface area contributed by atoms with Crippen molar-refractivity contribution in [3.05, 3.63) is 72.9 Å². The fourth-order valence-corrected chi connectivity index (χ4v) is 8.31. The van der Waals surface area contributed by atoms with Crippen LogP contribution in [-0.2, 0) is 28.6 Å². The molecule has 0 saturated heterocycles. The quantitative estimate of drug-likeness (QED) is 0.0262. The zero-order chi connectivity index (χ0) is 50.0. The average molecular weight is 964 g/mol. The van der Waals surface area contributed by atoms with Crippen molar-refractivity contribution >= 4 is 17.9 Å². The van der Waals surface area contributed by atoms with Gasteiger partial charge in [0.1, 0.15) is 13.2 Å². The van der Waals surface area contributed by atoms with Gasteiger partial charge in [0, 0.05) is 19.3 Å². The van der Waals surface area contributed by atoms with Crippen molar-refractivity contribution in [2.24, 2.45) is 0 Å². The molecule has 6 nitrogen and oxygen atoms in total. The minimum absolute atomic E-state index is 0.101. The molecule has 6 heteroatoms. The van der Waals surface area contributed by atoms with Gasteiger partial charge in [-0.25, -0.2) is 0 Å². The molecular weight excluding hydrogens is 853 g/mol. The Morgan fingerprint density at radius 1 is 0.304 bits per heavy atom. The minimum Gasteiger partial charge on any atom is -0.462 e. The average Bonchev–Trinajstić information content (AvgIpc) is 3.35. The molecule has 69 heavy (non-hydrogen) atoms. The maximum absolute atomic E-state index is 12.8. The number of carbonyl (C=O) groups is 3. The highest BCUT2D eigenvalue weighted by Gasteiger charge is 2.19. The Hall–Kier alpha value is -3.15. The lowest BCUT2D eigenvalue weighted by Crippen LogP contribution is -2.30. The molecule has 0 aromatic carbocycles. The van der Waals surface area contributed by atoms with E-state index in [0.717, 1.165) is 89.9 Å². The number of esters is 3. The summed E-state index contributed by atoms with van der Waals surface area (Å²) in [6.07, 6.45) is 73.5. The van der Waals surface area contributed by atoms with Gasteiger partial charge >= 0.3 is 17.9 Å². The summed E-state index contributed by atoms with van der Waals surface area (Å²) in [5.41, 5.74) is 0. The first kappa shape index (κ1) is 65.8. The SMILES string of the molecule is CC/C=C\C/C=C\C/C=C\C/C=C\CCC(=O)OCC(COC(=O)CCCCCCCCCCCCCCCCCCCCCCCC)OC(=O)CCCCCCC/C=C\C/C=C\CCCCCC. The van der Waals surface area contributed by atoms with Crippen molar-refractivity contribution in [3.63, 3.8) is 0 Å². The minimum atomic E-state index is -0.810. The second-order valence-corrected chi connectivity index (χ2v) is 19.5. The van der Waals surface area contributed by atoms with Gasteiger partial charge in [0.2, 0.25) is 0 Å². The monoisotopic (exact) mass is 963 g/mol. The van der Waals surface area contributed by atoms with E-state index in [1.54, 1.807) is 0 Å². The van der Waals surface area contributed by atoms with Crippen LogP contribution >= 0.6 is 0 Å². The van der Waals surface area contributed by atoms with E-state index in [2.05, 4.69) is 87.6 Å². The highest BCUT2D eigenvalue weighted by molar-refractivity contribution is 5.71. The summed E-state index contributed by atoms with van der Waals surface area (Å²) in [5, 5.41) is 0. The Bertz CT molecular complexity index is 1290. The summed E-state index contributed by atoms with van der Waals surface area (Å²) in [7, 11) is 0. The number of ether oxygens (including phenoxy) is 3. The van der Waals surface area contributed by atoms with Gasteiger partial charge < -0.3 is 14.2 Å². The van der Waals surface area contributed by atoms with Gasteiger partial charge in [-0.2, -0.15) is 0 Å². The summed E-state index contributed by atoms with van der Waals surface area (Å²) in [6.45, 7) is 6.46. The summed E-state index contributed by atoms with van der Waals surface area (Å²) in [6, 6.07) is 0. The van der Waals surface area contributed by atoms with Crippen molar-refractivity contribution in [2.45, 2.75) is 297 Å². The first-order valence-electron chi connectivity index (χ1n) is 29.4. The lowest BCUT2D eigenvalue weighted by atomic mass is 10.0. The molecular formula is C63H110O6. The van der Waals surface area contributed by atoms with Gasteiger partial charge in [-0.1, -0.05) is 267 Å². The maximum Gasteiger partial charge on any atom is 0.306 e. The van der Waals surface area contributed by atoms with Crippen LogP contribution < -0.4 is 0 Å². The second kappa shape index (κ2) is 57.4. The summed E-state index contributed by atoms with van der Waals surface area (Å²) < 4.78 is 16.8. The van der Waals surface area contributed by atoms with Crippen molar-refractivity contribution in [3.8, 4) is 0 Å². The Labute approximate surface area is 427 Å². The van der Waals surface area contributed by atoms with Crippen LogP contribution in [0.3, 0.4) is 0 Å². The smallest absolute Gasteiger partial charge is 0.306 e. The molecule has 398 valence electrons. The third-order valence-corrected chi connectivity index (χ3v) is 12.7. The summed E-state index contributed by atoms with van der Waals surface area (Å²) in [5.74, 6) is -0.990. The molecule has 0 saturated carbocycles. The van der Waals surface area contributed by atoms with Crippen LogP contribution in [0.25, 0.3) is 0 Å². The van der Waals surface area contributed by atoms with Crippen molar-refractivity contribution in [1.82, 2.24) is 0 Å². The number of hydrogen-bond donors (Lipinski definition) is 0. The zero-order valence-corrected chi connectivity index (χ0v) is 45.6. The number of unbranched alkanes of at least 4 members (excludes halogenated alkanes) is 30. The van der Waals surface area contributed by atoms with Crippen LogP contribution in [0.2, 0.25) is 0 Å². The standard InChI is InChI=1S/C63H110O6/c1-4-7-10-13-16-19-22-25-27-29-30-31-32-33-34-36-38-41-44-47-50-53-56-62(65)68-59-60(58-67-61(64)55-52-49-46-43-40-37-24-21-18-15-12-9-6-3)69-63(66)57-54-51-48-45-42-39-35-28-26-23-20-17-14-11-8-5-2/h9,12,18,20-21,23,28,35,37,40,46,49,60H,4-8,10-11,13-17,19,22,24-27,29-34,36,38-39,41-45,47-48,50-59H2,1-3H3/b12-9-,21-18-,23-20-,35-28-,40-37-,49-46-. The number of hydrogen-bond acceptors (Lipinski definition) is 6. The zero-order valence-electron chi connectivity index (χ0n) is 45.6. The Morgan fingerprint density at radius 3 is 0.986 bits per heavy atom. The van der Waals surface area contributed by atoms with Crippen LogP contribution in [0.15, 0.2) is 72.9 Å². The molecule has 0 amide bonds. The molecule has 1 atom stereocenters. The first-order chi connectivity index (χ1) is 34.0. The molecule has 1 unspecified atom stereocenters. The van der Waals surface area contributed by atoms with E-state index in [4.69, 9.17) is 14.2 Å². The van der Waals surface area contributed by atoms with Crippen molar-refractivity contribution < 1.29 is 28.6 Å². The van der Waals surface area contributed by atoms with Gasteiger partial charge in [-0.05, 0) is 77.0 Å². The van der Waals surface area contributed by atoms with E-state index < -0.39 is 6.10 Å². The Kier molecular flexibility index (Phi) is 54.8. The topological polar surface area (TPSA) is 78.9 Å². The molecule has 0 spiro atoms. The summed E-state index contributed by atoms with van der Waals surface area (Å²) >= 11 is 0. The van der Waals surface area contributed by atoms with Crippen molar-refractivity contribution in [1.29, 1.82) is 0 Å². The lowest BCUT2D eigenvalue weighted by Gasteiger charge is -2.18. The predicted molar refractivity (Wildman–Crippen MR) is 298 cm³/mol. The van der Waals surface area contributed by atoms with Crippen molar-refractivity contribution in [2.75, 3.05) is 13.2 Å². The van der Waals surface area contributed by atoms with E-state index in [1.807, 2.05) is 6.08 Å². The highest BCUT2D eigenvalue weighted by atomic mass is 16.6. The van der Waals surface area contributed by atoms with Gasteiger partial charge in [-0.15, -0.1) is 0 Å². The molecule has 0 rings (SSSR count). The van der Waals surface area contributed by atoms with E-state index >= 15 is 0 Å². The van der Waals surface area contributed by atoms with Gasteiger partial charge in [0.05, 0.1) is 0 Å². The van der Waals surface area contributed by atoms with E-state index in [1.165, 1.54) is 154 Å². The van der Waals surface area contributed by atoms with E-state index in [-0.39, 0.29) is 37.5 Å². The van der Waals surface area contributed by atoms with Gasteiger partial charge in [0.25, 0.3) is 0 Å². The molecule has 0 N–H and O–H groups in total. The molecule has 0 bridgehead atoms. The van der Waals surface area contributed by atoms with Crippen LogP contribution in [0.1, 0.15) is 290 Å². The molecule has 0 heterocycles. The molecule has 0 aliphatic heterocycles.